The van der Waals surface area contributed by atoms with Crippen LogP contribution in [0.1, 0.15) is 57.7 Å². The third-order valence-corrected chi connectivity index (χ3v) is 6.66. The summed E-state index contributed by atoms with van der Waals surface area (Å²) in [5, 5.41) is 20.0. The third kappa shape index (κ3) is 3.95. The molecule has 174 valence electrons. The Balaban J connectivity index is 1.17. The third-order valence-electron chi connectivity index (χ3n) is 6.05. The van der Waals surface area contributed by atoms with E-state index in [9.17, 15) is 14.4 Å². The molecule has 35 heavy (non-hydrogen) atoms. The van der Waals surface area contributed by atoms with Crippen molar-refractivity contribution in [1.29, 1.82) is 5.26 Å². The first-order valence-electron chi connectivity index (χ1n) is 10.9. The Morgan fingerprint density at radius 1 is 1.29 bits per heavy atom. The molecular formula is C24H17BrFN7O2. The van der Waals surface area contributed by atoms with Crippen molar-refractivity contribution in [1.82, 2.24) is 29.3 Å². The van der Waals surface area contributed by atoms with Gasteiger partial charge >= 0.3 is 11.8 Å². The maximum atomic E-state index is 14.5. The number of amides is 1. The minimum absolute atomic E-state index is 0.00837. The maximum Gasteiger partial charge on any atom is 0.309 e. The molecule has 5 aromatic heterocycles. The van der Waals surface area contributed by atoms with E-state index in [2.05, 4.69) is 48.7 Å². The summed E-state index contributed by atoms with van der Waals surface area (Å²) < 4.78 is 23.8. The molecule has 5 heterocycles. The Kier molecular flexibility index (Phi) is 5.11. The van der Waals surface area contributed by atoms with Gasteiger partial charge < -0.3 is 18.5 Å². The minimum Gasteiger partial charge on any atom is -0.417 e. The molecule has 0 atom stereocenters. The number of aromatic nitrogens is 5. The van der Waals surface area contributed by atoms with Crippen LogP contribution < -0.4 is 5.32 Å². The fraction of sp³-hybridized carbons (Fsp3) is 0.208. The van der Waals surface area contributed by atoms with Gasteiger partial charge in [0.1, 0.15) is 11.6 Å². The van der Waals surface area contributed by atoms with Crippen LogP contribution in [0, 0.1) is 17.1 Å². The molecule has 0 spiro atoms. The van der Waals surface area contributed by atoms with E-state index in [1.807, 2.05) is 22.7 Å². The van der Waals surface area contributed by atoms with Crippen molar-refractivity contribution in [3.63, 3.8) is 0 Å². The van der Waals surface area contributed by atoms with Crippen molar-refractivity contribution < 1.29 is 13.6 Å². The van der Waals surface area contributed by atoms with Gasteiger partial charge in [-0.2, -0.15) is 5.26 Å². The molecule has 1 amide bonds. The number of hydrogen-bond donors (Lipinski definition) is 1. The largest absolute Gasteiger partial charge is 0.417 e. The zero-order chi connectivity index (χ0) is 24.1. The van der Waals surface area contributed by atoms with Gasteiger partial charge in [0, 0.05) is 18.6 Å². The van der Waals surface area contributed by atoms with Gasteiger partial charge in [0.2, 0.25) is 5.89 Å². The van der Waals surface area contributed by atoms with Gasteiger partial charge in [-0.1, -0.05) is 0 Å². The van der Waals surface area contributed by atoms with Crippen molar-refractivity contribution in [2.24, 2.45) is 0 Å². The Labute approximate surface area is 206 Å². The number of fused-ring (bicyclic) bond motifs is 2. The average molecular weight is 534 g/mol. The van der Waals surface area contributed by atoms with Gasteiger partial charge in [0.15, 0.2) is 5.82 Å². The van der Waals surface area contributed by atoms with Gasteiger partial charge in [-0.05, 0) is 64.0 Å². The summed E-state index contributed by atoms with van der Waals surface area (Å²) in [6.45, 7) is -0.00837. The van der Waals surface area contributed by atoms with Crippen LogP contribution in [0.5, 0.6) is 0 Å². The van der Waals surface area contributed by atoms with E-state index >= 15 is 0 Å². The second-order valence-electron chi connectivity index (χ2n) is 8.50. The summed E-state index contributed by atoms with van der Waals surface area (Å²) in [5.41, 5.74) is 4.14. The lowest BCUT2D eigenvalue weighted by atomic mass is 10.1. The number of rotatable bonds is 6. The molecule has 0 bridgehead atoms. The molecule has 6 rings (SSSR count). The summed E-state index contributed by atoms with van der Waals surface area (Å²) in [6.07, 6.45) is 9.76. The summed E-state index contributed by atoms with van der Waals surface area (Å²) in [5.74, 6) is -0.425. The van der Waals surface area contributed by atoms with Crippen LogP contribution in [0.15, 0.2) is 52.0 Å². The van der Waals surface area contributed by atoms with E-state index in [0.717, 1.165) is 23.9 Å². The summed E-state index contributed by atoms with van der Waals surface area (Å²) >= 11 is 3.16. The number of imidazole rings is 1. The fourth-order valence-corrected chi connectivity index (χ4v) is 4.48. The molecule has 11 heteroatoms. The van der Waals surface area contributed by atoms with Crippen LogP contribution in [0.4, 0.5) is 4.39 Å². The predicted octanol–water partition coefficient (Wildman–Crippen LogP) is 4.14. The topological polar surface area (TPSA) is 114 Å². The first-order chi connectivity index (χ1) is 17.0. The molecule has 1 saturated carbocycles. The Bertz CT molecular complexity index is 1660. The predicted molar refractivity (Wildman–Crippen MR) is 125 cm³/mol. The number of pyridine rings is 2. The number of nitrogens with zero attached hydrogens (tertiary/aromatic N) is 6. The number of nitrogens with one attached hydrogen (secondary N) is 1. The molecule has 5 aromatic rings. The highest BCUT2D eigenvalue weighted by Gasteiger charge is 2.25. The van der Waals surface area contributed by atoms with Crippen molar-refractivity contribution in [3.05, 3.63) is 87.6 Å². The van der Waals surface area contributed by atoms with E-state index < -0.39 is 11.7 Å². The maximum absolute atomic E-state index is 14.5. The molecule has 9 nitrogen and oxygen atoms in total. The molecule has 1 N–H and O–H groups in total. The standard InChI is InChI=1S/C24H17BrFN7O2/c25-17-3-4-32-12-29-18(22(32)21(17)26)9-28-23(34)24-31-30-20(35-24)6-13-5-19-15(8-27)7-16(14-1-2-14)11-33(19)10-13/h3-5,7,10-12,14H,1-2,6,9H2,(H,28,34). The summed E-state index contributed by atoms with van der Waals surface area (Å²) in [6, 6.07) is 7.72. The molecule has 0 unspecified atom stereocenters. The fourth-order valence-electron chi connectivity index (χ4n) is 4.17. The first kappa shape index (κ1) is 21.5. The van der Waals surface area contributed by atoms with Gasteiger partial charge in [-0.3, -0.25) is 4.79 Å². The Hall–Kier alpha value is -4.04. The number of nitriles is 1. The summed E-state index contributed by atoms with van der Waals surface area (Å²) in [7, 11) is 0. The van der Waals surface area contributed by atoms with E-state index in [1.165, 1.54) is 11.9 Å². The van der Waals surface area contributed by atoms with Crippen LogP contribution in [-0.2, 0) is 13.0 Å². The quantitative estimate of drug-likeness (QED) is 0.351. The van der Waals surface area contributed by atoms with Gasteiger partial charge in [-0.15, -0.1) is 10.2 Å². The van der Waals surface area contributed by atoms with Gasteiger partial charge in [0.05, 0.1) is 40.5 Å². The molecule has 1 aliphatic carbocycles. The second kappa shape index (κ2) is 8.32. The SMILES string of the molecule is N#Cc1cc(C2CC2)cn2cc(Cc3nnc(C(=O)NCc4ncn5ccc(Br)c(F)c45)o3)cc12. The Morgan fingerprint density at radius 3 is 2.94 bits per heavy atom. The minimum atomic E-state index is -0.580. The van der Waals surface area contributed by atoms with Crippen LogP contribution in [-0.4, -0.2) is 29.9 Å². The van der Waals surface area contributed by atoms with E-state index in [-0.39, 0.29) is 23.8 Å². The van der Waals surface area contributed by atoms with E-state index in [0.29, 0.717) is 28.1 Å². The highest BCUT2D eigenvalue weighted by molar-refractivity contribution is 9.10. The first-order valence-corrected chi connectivity index (χ1v) is 11.7. The van der Waals surface area contributed by atoms with Crippen molar-refractivity contribution in [2.45, 2.75) is 31.7 Å². The lowest BCUT2D eigenvalue weighted by molar-refractivity contribution is 0.0914. The van der Waals surface area contributed by atoms with Gasteiger partial charge in [0.25, 0.3) is 0 Å². The number of halogens is 2. The lowest BCUT2D eigenvalue weighted by Gasteiger charge is -2.03. The average Bonchev–Trinajstić information content (AvgIpc) is 3.26. The Morgan fingerprint density at radius 2 is 2.14 bits per heavy atom. The molecule has 0 aromatic carbocycles. The molecule has 1 aliphatic rings. The molecule has 1 fully saturated rings. The second-order valence-corrected chi connectivity index (χ2v) is 9.35. The van der Waals surface area contributed by atoms with E-state index in [4.69, 9.17) is 4.42 Å². The van der Waals surface area contributed by atoms with Crippen LogP contribution in [0.25, 0.3) is 11.0 Å². The number of carbonyl (C=O) groups is 1. The monoisotopic (exact) mass is 533 g/mol. The lowest BCUT2D eigenvalue weighted by Crippen LogP contribution is -2.23. The van der Waals surface area contributed by atoms with Crippen LogP contribution in [0.3, 0.4) is 0 Å². The van der Waals surface area contributed by atoms with Crippen molar-refractivity contribution >= 4 is 32.9 Å². The zero-order valence-corrected chi connectivity index (χ0v) is 19.8. The molecule has 0 aliphatic heterocycles. The summed E-state index contributed by atoms with van der Waals surface area (Å²) in [4.78, 5) is 16.7. The van der Waals surface area contributed by atoms with Gasteiger partial charge in [-0.25, -0.2) is 9.37 Å². The van der Waals surface area contributed by atoms with Crippen LogP contribution >= 0.6 is 15.9 Å². The molecular weight excluding hydrogens is 517 g/mol. The van der Waals surface area contributed by atoms with Crippen LogP contribution in [0.2, 0.25) is 0 Å². The molecule has 0 saturated heterocycles. The van der Waals surface area contributed by atoms with E-state index in [1.54, 1.807) is 16.7 Å². The van der Waals surface area contributed by atoms with Crippen molar-refractivity contribution in [2.75, 3.05) is 0 Å². The smallest absolute Gasteiger partial charge is 0.309 e. The van der Waals surface area contributed by atoms with Crippen molar-refractivity contribution in [3.8, 4) is 6.07 Å². The zero-order valence-electron chi connectivity index (χ0n) is 18.2. The number of hydrogen-bond acceptors (Lipinski definition) is 6. The highest BCUT2D eigenvalue weighted by atomic mass is 79.9. The number of carbonyl (C=O) groups excluding carboxylic acids is 1. The molecule has 0 radical (unpaired) electrons. The highest BCUT2D eigenvalue weighted by Crippen LogP contribution is 2.40. The normalized spacial score (nSPS) is 13.4.